The van der Waals surface area contributed by atoms with Crippen LogP contribution in [-0.4, -0.2) is 58.2 Å². The molecule has 37 heavy (non-hydrogen) atoms. The molecule has 0 atom stereocenters. The molecule has 0 N–H and O–H groups in total. The van der Waals surface area contributed by atoms with Crippen LogP contribution >= 0.6 is 0 Å². The molecule has 1 aliphatic rings. The Hall–Kier alpha value is -3.73. The van der Waals surface area contributed by atoms with Gasteiger partial charge in [-0.2, -0.15) is 13.2 Å². The number of hydrogen-bond donors (Lipinski definition) is 0. The van der Waals surface area contributed by atoms with Crippen LogP contribution in [0.1, 0.15) is 5.56 Å². The van der Waals surface area contributed by atoms with Crippen molar-refractivity contribution < 1.29 is 31.1 Å². The van der Waals surface area contributed by atoms with E-state index in [4.69, 9.17) is 4.74 Å². The molecular formula is C26H26F3N3O4S. The molecule has 0 aliphatic carbocycles. The van der Waals surface area contributed by atoms with E-state index in [0.717, 1.165) is 22.7 Å². The predicted octanol–water partition coefficient (Wildman–Crippen LogP) is 4.61. The van der Waals surface area contributed by atoms with Gasteiger partial charge in [0.05, 0.1) is 17.5 Å². The molecule has 0 radical (unpaired) electrons. The molecule has 0 spiro atoms. The molecule has 0 bridgehead atoms. The standard InChI is InChI=1S/C26H26F3N3O4S/c1-37(34,35)32(21-10-12-24(13-11-21)36-23-8-3-2-4-9-23)19-25(33)31-16-14-30(15-17-31)22-7-5-6-20(18-22)26(27,28)29/h2-13,18H,14-17,19H2,1H3. The second kappa shape index (κ2) is 10.7. The third-order valence-corrected chi connectivity index (χ3v) is 7.09. The number of benzene rings is 3. The van der Waals surface area contributed by atoms with Gasteiger partial charge in [-0.3, -0.25) is 9.10 Å². The van der Waals surface area contributed by atoms with Gasteiger partial charge in [-0.15, -0.1) is 0 Å². The van der Waals surface area contributed by atoms with Gasteiger partial charge in [-0.1, -0.05) is 24.3 Å². The fourth-order valence-corrected chi connectivity index (χ4v) is 4.87. The topological polar surface area (TPSA) is 70.2 Å². The summed E-state index contributed by atoms with van der Waals surface area (Å²) in [6.07, 6.45) is -3.41. The Morgan fingerprint density at radius 1 is 0.892 bits per heavy atom. The first-order valence-electron chi connectivity index (χ1n) is 11.5. The van der Waals surface area contributed by atoms with Crippen molar-refractivity contribution in [2.24, 2.45) is 0 Å². The highest BCUT2D eigenvalue weighted by molar-refractivity contribution is 7.92. The van der Waals surface area contributed by atoms with Crippen LogP contribution in [0.5, 0.6) is 11.5 Å². The normalized spacial score (nSPS) is 14.4. The Kier molecular flexibility index (Phi) is 7.63. The maximum Gasteiger partial charge on any atom is 0.416 e. The van der Waals surface area contributed by atoms with Gasteiger partial charge in [-0.25, -0.2) is 8.42 Å². The molecule has 1 saturated heterocycles. The smallest absolute Gasteiger partial charge is 0.416 e. The average molecular weight is 534 g/mol. The molecule has 3 aromatic carbocycles. The number of carbonyl (C=O) groups is 1. The maximum absolute atomic E-state index is 13.0. The minimum absolute atomic E-state index is 0.260. The number of rotatable bonds is 7. The van der Waals surface area contributed by atoms with Crippen LogP contribution in [0.25, 0.3) is 0 Å². The lowest BCUT2D eigenvalue weighted by Crippen LogP contribution is -2.52. The molecule has 7 nitrogen and oxygen atoms in total. The molecule has 4 rings (SSSR count). The van der Waals surface area contributed by atoms with E-state index < -0.39 is 27.7 Å². The highest BCUT2D eigenvalue weighted by atomic mass is 32.2. The summed E-state index contributed by atoms with van der Waals surface area (Å²) in [6, 6.07) is 20.6. The van der Waals surface area contributed by atoms with E-state index in [0.29, 0.717) is 36.0 Å². The number of halogens is 3. The highest BCUT2D eigenvalue weighted by Gasteiger charge is 2.31. The van der Waals surface area contributed by atoms with Gasteiger partial charge in [-0.05, 0) is 54.6 Å². The number of carbonyl (C=O) groups excluding carboxylic acids is 1. The monoisotopic (exact) mass is 533 g/mol. The minimum atomic E-state index is -4.44. The van der Waals surface area contributed by atoms with Gasteiger partial charge in [0.25, 0.3) is 0 Å². The molecule has 0 aromatic heterocycles. The molecule has 0 unspecified atom stereocenters. The number of amides is 1. The van der Waals surface area contributed by atoms with Crippen molar-refractivity contribution in [3.8, 4) is 11.5 Å². The van der Waals surface area contributed by atoms with Gasteiger partial charge in [0, 0.05) is 31.9 Å². The summed E-state index contributed by atoms with van der Waals surface area (Å²) in [5.41, 5.74) is 0.0175. The first-order chi connectivity index (χ1) is 17.5. The fourth-order valence-electron chi connectivity index (χ4n) is 4.02. The highest BCUT2D eigenvalue weighted by Crippen LogP contribution is 2.32. The molecule has 3 aromatic rings. The summed E-state index contributed by atoms with van der Waals surface area (Å²) < 4.78 is 70.9. The van der Waals surface area contributed by atoms with E-state index in [1.165, 1.54) is 11.0 Å². The summed E-state index contributed by atoms with van der Waals surface area (Å²) >= 11 is 0. The summed E-state index contributed by atoms with van der Waals surface area (Å²) in [5.74, 6) is 0.758. The van der Waals surface area contributed by atoms with E-state index in [2.05, 4.69) is 0 Å². The number of sulfonamides is 1. The third kappa shape index (κ3) is 6.73. The second-order valence-electron chi connectivity index (χ2n) is 8.59. The average Bonchev–Trinajstić information content (AvgIpc) is 2.87. The van der Waals surface area contributed by atoms with Crippen molar-refractivity contribution in [1.29, 1.82) is 0 Å². The van der Waals surface area contributed by atoms with E-state index in [9.17, 15) is 26.4 Å². The molecule has 1 aliphatic heterocycles. The van der Waals surface area contributed by atoms with Crippen LogP contribution in [0.15, 0.2) is 78.9 Å². The number of para-hydroxylation sites is 1. The number of hydrogen-bond acceptors (Lipinski definition) is 5. The molecule has 1 heterocycles. The Balaban J connectivity index is 1.39. The van der Waals surface area contributed by atoms with Crippen LogP contribution in [0, 0.1) is 0 Å². The summed E-state index contributed by atoms with van der Waals surface area (Å²) in [7, 11) is -3.77. The number of anilines is 2. The van der Waals surface area contributed by atoms with Gasteiger partial charge >= 0.3 is 6.18 Å². The van der Waals surface area contributed by atoms with Crippen LogP contribution in [0.3, 0.4) is 0 Å². The van der Waals surface area contributed by atoms with Gasteiger partial charge in [0.1, 0.15) is 18.0 Å². The van der Waals surface area contributed by atoms with Crippen LogP contribution in [0.2, 0.25) is 0 Å². The van der Waals surface area contributed by atoms with Crippen molar-refractivity contribution in [3.63, 3.8) is 0 Å². The van der Waals surface area contributed by atoms with Gasteiger partial charge < -0.3 is 14.5 Å². The van der Waals surface area contributed by atoms with Gasteiger partial charge in [0.2, 0.25) is 15.9 Å². The Bertz CT molecular complexity index is 1330. The number of piperazine rings is 1. The fraction of sp³-hybridized carbons (Fsp3) is 0.269. The molecule has 0 saturated carbocycles. The Labute approximate surface area is 213 Å². The lowest BCUT2D eigenvalue weighted by atomic mass is 10.1. The van der Waals surface area contributed by atoms with E-state index in [-0.39, 0.29) is 19.6 Å². The van der Waals surface area contributed by atoms with Crippen LogP contribution in [0.4, 0.5) is 24.5 Å². The lowest BCUT2D eigenvalue weighted by Gasteiger charge is -2.37. The van der Waals surface area contributed by atoms with Crippen LogP contribution < -0.4 is 13.9 Å². The van der Waals surface area contributed by atoms with Crippen LogP contribution in [-0.2, 0) is 21.0 Å². The summed E-state index contributed by atoms with van der Waals surface area (Å²) in [6.45, 7) is 0.795. The summed E-state index contributed by atoms with van der Waals surface area (Å²) in [4.78, 5) is 16.3. The maximum atomic E-state index is 13.0. The number of ether oxygens (including phenoxy) is 1. The zero-order valence-corrected chi connectivity index (χ0v) is 20.9. The molecule has 196 valence electrons. The zero-order valence-electron chi connectivity index (χ0n) is 20.1. The van der Waals surface area contributed by atoms with Crippen molar-refractivity contribution in [3.05, 3.63) is 84.4 Å². The van der Waals surface area contributed by atoms with E-state index in [1.54, 1.807) is 47.4 Å². The molecule has 1 amide bonds. The molecular weight excluding hydrogens is 507 g/mol. The number of alkyl halides is 3. The lowest BCUT2D eigenvalue weighted by molar-refractivity contribution is -0.137. The van der Waals surface area contributed by atoms with E-state index >= 15 is 0 Å². The summed E-state index contributed by atoms with van der Waals surface area (Å²) in [5, 5.41) is 0. The molecule has 11 heteroatoms. The van der Waals surface area contributed by atoms with Crippen molar-refractivity contribution in [2.75, 3.05) is 48.2 Å². The van der Waals surface area contributed by atoms with E-state index in [1.807, 2.05) is 18.2 Å². The van der Waals surface area contributed by atoms with Crippen molar-refractivity contribution in [1.82, 2.24) is 4.90 Å². The van der Waals surface area contributed by atoms with Crippen molar-refractivity contribution >= 4 is 27.3 Å². The first kappa shape index (κ1) is 26.3. The predicted molar refractivity (Wildman–Crippen MR) is 135 cm³/mol. The Morgan fingerprint density at radius 3 is 2.11 bits per heavy atom. The number of nitrogens with zero attached hydrogens (tertiary/aromatic N) is 3. The second-order valence-corrected chi connectivity index (χ2v) is 10.5. The van der Waals surface area contributed by atoms with Crippen molar-refractivity contribution in [2.45, 2.75) is 6.18 Å². The molecule has 1 fully saturated rings. The van der Waals surface area contributed by atoms with Gasteiger partial charge in [0.15, 0.2) is 0 Å². The SMILES string of the molecule is CS(=O)(=O)N(CC(=O)N1CCN(c2cccc(C(F)(F)F)c2)CC1)c1ccc(Oc2ccccc2)cc1. The third-order valence-electron chi connectivity index (χ3n) is 5.95. The zero-order chi connectivity index (χ0) is 26.6. The first-order valence-corrected chi connectivity index (χ1v) is 13.4. The quantitative estimate of drug-likeness (QED) is 0.444. The minimum Gasteiger partial charge on any atom is -0.457 e. The largest absolute Gasteiger partial charge is 0.457 e. The Morgan fingerprint density at radius 2 is 1.51 bits per heavy atom.